The summed E-state index contributed by atoms with van der Waals surface area (Å²) >= 11 is 0. The minimum Gasteiger partial charge on any atom is -0.413 e. The third kappa shape index (κ3) is 6.18. The van der Waals surface area contributed by atoms with Crippen molar-refractivity contribution in [1.82, 2.24) is 0 Å². The molecule has 0 saturated heterocycles. The number of carbonyl (C=O) groups excluding carboxylic acids is 1. The Hall–Kier alpha value is -0.00312. The van der Waals surface area contributed by atoms with Crippen LogP contribution in [0.5, 0.6) is 0 Å². The summed E-state index contributed by atoms with van der Waals surface area (Å²) in [7, 11) is -6.38. The molecule has 0 aromatic carbocycles. The van der Waals surface area contributed by atoms with E-state index in [-0.39, 0.29) is 23.7 Å². The SMILES string of the molecule is CC(=O)CCC(C(C)O[Si](C)(C)C(C)(C)C)P(=O)(O)O. The summed E-state index contributed by atoms with van der Waals surface area (Å²) in [6.07, 6.45) is -0.229. The van der Waals surface area contributed by atoms with Gasteiger partial charge in [0.2, 0.25) is 0 Å². The lowest BCUT2D eigenvalue weighted by Crippen LogP contribution is -2.46. The van der Waals surface area contributed by atoms with Crippen LogP contribution in [-0.2, 0) is 13.8 Å². The van der Waals surface area contributed by atoms with Crippen molar-refractivity contribution in [3.05, 3.63) is 0 Å². The van der Waals surface area contributed by atoms with Crippen LogP contribution in [0.2, 0.25) is 18.1 Å². The number of ketones is 1. The summed E-state index contributed by atoms with van der Waals surface area (Å²) < 4.78 is 17.7. The van der Waals surface area contributed by atoms with E-state index in [2.05, 4.69) is 20.8 Å². The molecule has 0 saturated carbocycles. The van der Waals surface area contributed by atoms with E-state index in [9.17, 15) is 19.1 Å². The van der Waals surface area contributed by atoms with E-state index in [4.69, 9.17) is 4.43 Å². The molecule has 0 amide bonds. The Bertz CT molecular complexity index is 383. The van der Waals surface area contributed by atoms with Gasteiger partial charge in [0.05, 0.1) is 11.8 Å². The Kier molecular flexibility index (Phi) is 6.84. The molecule has 0 spiro atoms. The molecule has 0 rings (SSSR count). The first-order chi connectivity index (χ1) is 8.68. The minimum absolute atomic E-state index is 0.0265. The maximum Gasteiger partial charge on any atom is 0.331 e. The molecule has 5 nitrogen and oxygen atoms in total. The number of carbonyl (C=O) groups is 1. The Morgan fingerprint density at radius 1 is 1.30 bits per heavy atom. The predicted octanol–water partition coefficient (Wildman–Crippen LogP) is 3.31. The van der Waals surface area contributed by atoms with E-state index in [0.29, 0.717) is 0 Å². The summed E-state index contributed by atoms with van der Waals surface area (Å²) in [6.45, 7) is 13.5. The minimum atomic E-state index is -4.28. The van der Waals surface area contributed by atoms with Crippen molar-refractivity contribution in [2.45, 2.75) is 77.4 Å². The molecule has 20 heavy (non-hydrogen) atoms. The Morgan fingerprint density at radius 3 is 2.05 bits per heavy atom. The Labute approximate surface area is 123 Å². The predicted molar refractivity (Wildman–Crippen MR) is 83.5 cm³/mol. The Morgan fingerprint density at radius 2 is 1.75 bits per heavy atom. The van der Waals surface area contributed by atoms with Crippen LogP contribution in [0.15, 0.2) is 0 Å². The lowest BCUT2D eigenvalue weighted by Gasteiger charge is -2.40. The molecule has 0 aromatic rings. The zero-order chi connectivity index (χ0) is 16.4. The normalized spacial score (nSPS) is 16.9. The van der Waals surface area contributed by atoms with Gasteiger partial charge in [0.1, 0.15) is 5.78 Å². The van der Waals surface area contributed by atoms with Crippen LogP contribution in [0, 0.1) is 0 Å². The molecular weight excluding hydrogens is 295 g/mol. The maximum absolute atomic E-state index is 11.6. The fraction of sp³-hybridized carbons (Fsp3) is 0.923. The van der Waals surface area contributed by atoms with Gasteiger partial charge in [-0.3, -0.25) is 4.57 Å². The topological polar surface area (TPSA) is 83.8 Å². The van der Waals surface area contributed by atoms with Crippen molar-refractivity contribution in [2.24, 2.45) is 0 Å². The van der Waals surface area contributed by atoms with Gasteiger partial charge >= 0.3 is 7.60 Å². The second kappa shape index (κ2) is 6.84. The highest BCUT2D eigenvalue weighted by Gasteiger charge is 2.42. The van der Waals surface area contributed by atoms with Crippen molar-refractivity contribution < 1.29 is 23.6 Å². The molecule has 2 atom stereocenters. The zero-order valence-electron chi connectivity index (χ0n) is 13.6. The quantitative estimate of drug-likeness (QED) is 0.554. The van der Waals surface area contributed by atoms with Crippen LogP contribution in [0.3, 0.4) is 0 Å². The first-order valence-electron chi connectivity index (χ1n) is 6.91. The highest BCUT2D eigenvalue weighted by atomic mass is 31.2. The van der Waals surface area contributed by atoms with Gasteiger partial charge in [-0.1, -0.05) is 20.8 Å². The van der Waals surface area contributed by atoms with Crippen LogP contribution < -0.4 is 0 Å². The summed E-state index contributed by atoms with van der Waals surface area (Å²) in [4.78, 5) is 30.0. The largest absolute Gasteiger partial charge is 0.413 e. The van der Waals surface area contributed by atoms with Gasteiger partial charge in [0.15, 0.2) is 8.32 Å². The zero-order valence-corrected chi connectivity index (χ0v) is 15.5. The highest BCUT2D eigenvalue weighted by molar-refractivity contribution is 7.52. The number of Topliss-reactive ketones (excluding diaryl/α,β-unsaturated/α-hetero) is 1. The molecular formula is C13H29O5PSi. The van der Waals surface area contributed by atoms with Gasteiger partial charge in [-0.2, -0.15) is 0 Å². The molecule has 2 N–H and O–H groups in total. The van der Waals surface area contributed by atoms with E-state index in [1.165, 1.54) is 6.92 Å². The number of hydrogen-bond acceptors (Lipinski definition) is 3. The molecule has 0 aromatic heterocycles. The fourth-order valence-corrected chi connectivity index (χ4v) is 4.38. The molecule has 0 bridgehead atoms. The molecule has 0 aliphatic rings. The van der Waals surface area contributed by atoms with Gasteiger partial charge < -0.3 is 19.0 Å². The molecule has 0 heterocycles. The molecule has 0 aliphatic heterocycles. The van der Waals surface area contributed by atoms with E-state index >= 15 is 0 Å². The van der Waals surface area contributed by atoms with E-state index in [1.807, 2.05) is 13.1 Å². The van der Waals surface area contributed by atoms with Crippen molar-refractivity contribution in [1.29, 1.82) is 0 Å². The van der Waals surface area contributed by atoms with Crippen molar-refractivity contribution >= 4 is 21.7 Å². The van der Waals surface area contributed by atoms with Gasteiger partial charge in [-0.25, -0.2) is 0 Å². The summed E-state index contributed by atoms with van der Waals surface area (Å²) in [5.74, 6) is -0.0667. The molecule has 2 unspecified atom stereocenters. The third-order valence-corrected chi connectivity index (χ3v) is 10.2. The average Bonchev–Trinajstić information content (AvgIpc) is 2.11. The summed E-state index contributed by atoms with van der Waals surface area (Å²) in [6, 6.07) is 0. The molecule has 0 aliphatic carbocycles. The maximum atomic E-state index is 11.6. The van der Waals surface area contributed by atoms with Crippen molar-refractivity contribution in [3.63, 3.8) is 0 Å². The summed E-state index contributed by atoms with van der Waals surface area (Å²) in [5.41, 5.74) is -0.916. The monoisotopic (exact) mass is 324 g/mol. The van der Waals surface area contributed by atoms with Crippen LogP contribution in [0.25, 0.3) is 0 Å². The molecule has 120 valence electrons. The first-order valence-corrected chi connectivity index (χ1v) is 11.5. The molecule has 0 fully saturated rings. The summed E-state index contributed by atoms with van der Waals surface area (Å²) in [5, 5.41) is -0.0265. The van der Waals surface area contributed by atoms with E-state index in [1.54, 1.807) is 6.92 Å². The highest BCUT2D eigenvalue weighted by Crippen LogP contribution is 2.47. The van der Waals surface area contributed by atoms with Crippen LogP contribution in [0.1, 0.15) is 47.5 Å². The van der Waals surface area contributed by atoms with Crippen molar-refractivity contribution in [2.75, 3.05) is 0 Å². The molecule has 0 radical (unpaired) electrons. The average molecular weight is 324 g/mol. The standard InChI is InChI=1S/C13H29O5PSi/c1-10(14)8-9-12(19(15,16)17)11(2)18-20(6,7)13(3,4)5/h11-12H,8-9H2,1-7H3,(H2,15,16,17). The van der Waals surface area contributed by atoms with Crippen LogP contribution in [0.4, 0.5) is 0 Å². The van der Waals surface area contributed by atoms with E-state index in [0.717, 1.165) is 0 Å². The smallest absolute Gasteiger partial charge is 0.331 e. The second-order valence-corrected chi connectivity index (χ2v) is 13.6. The van der Waals surface area contributed by atoms with Gasteiger partial charge in [-0.05, 0) is 38.4 Å². The molecule has 7 heteroatoms. The Balaban J connectivity index is 5.02. The van der Waals surface area contributed by atoms with Gasteiger partial charge in [0.25, 0.3) is 0 Å². The van der Waals surface area contributed by atoms with E-state index < -0.39 is 27.7 Å². The van der Waals surface area contributed by atoms with Gasteiger partial charge in [0, 0.05) is 6.42 Å². The number of hydrogen-bond donors (Lipinski definition) is 2. The lowest BCUT2D eigenvalue weighted by molar-refractivity contribution is -0.117. The van der Waals surface area contributed by atoms with Crippen LogP contribution in [-0.4, -0.2) is 35.7 Å². The van der Waals surface area contributed by atoms with Crippen LogP contribution >= 0.6 is 7.60 Å². The fourth-order valence-electron chi connectivity index (χ4n) is 1.75. The second-order valence-electron chi connectivity index (χ2n) is 6.98. The lowest BCUT2D eigenvalue weighted by atomic mass is 10.1. The number of rotatable bonds is 7. The first kappa shape index (κ1) is 20.0. The third-order valence-electron chi connectivity index (χ3n) is 4.05. The van der Waals surface area contributed by atoms with Crippen molar-refractivity contribution in [3.8, 4) is 0 Å². The van der Waals surface area contributed by atoms with Gasteiger partial charge in [-0.15, -0.1) is 0 Å².